The van der Waals surface area contributed by atoms with Crippen LogP contribution in [0.25, 0.3) is 0 Å². The minimum Gasteiger partial charge on any atom is -0.504 e. The van der Waals surface area contributed by atoms with Gasteiger partial charge in [-0.15, -0.1) is 4.40 Å². The second-order valence-electron chi connectivity index (χ2n) is 5.92. The van der Waals surface area contributed by atoms with E-state index in [1.54, 1.807) is 31.5 Å². The molecule has 0 saturated carbocycles. The van der Waals surface area contributed by atoms with Gasteiger partial charge in [-0.3, -0.25) is 5.01 Å². The fourth-order valence-corrected chi connectivity index (χ4v) is 4.14. The number of hydrogen-bond acceptors (Lipinski definition) is 6. The molecule has 0 saturated heterocycles. The second kappa shape index (κ2) is 6.36. The van der Waals surface area contributed by atoms with Gasteiger partial charge in [0.05, 0.1) is 18.2 Å². The number of hydrogen-bond donors (Lipinski definition) is 1. The van der Waals surface area contributed by atoms with Gasteiger partial charge in [-0.05, 0) is 49.6 Å². The van der Waals surface area contributed by atoms with Gasteiger partial charge >= 0.3 is 0 Å². The Balaban J connectivity index is 1.88. The minimum atomic E-state index is -3.65. The lowest BCUT2D eigenvalue weighted by atomic mass is 9.98. The highest BCUT2D eigenvalue weighted by molar-refractivity contribution is 7.94. The molecule has 0 radical (unpaired) electrons. The van der Waals surface area contributed by atoms with E-state index in [-0.39, 0.29) is 10.7 Å². The molecule has 2 aliphatic rings. The standard InChI is InChI=1S/C17H19N3O4S/c1-11-4-6-13-16(8-11)25(22,23)19-17(13)20(2)18-10-12-5-7-14(21)15(9-12)24-3/h5,7-10,21H,4,6H2,1-3H3/b18-10+. The number of phenols is 1. The maximum absolute atomic E-state index is 12.2. The molecule has 0 bridgehead atoms. The molecule has 0 amide bonds. The average Bonchev–Trinajstić information content (AvgIpc) is 2.85. The molecule has 1 aromatic carbocycles. The van der Waals surface area contributed by atoms with Crippen molar-refractivity contribution in [3.05, 3.63) is 45.9 Å². The number of aromatic hydroxyl groups is 1. The molecule has 7 nitrogen and oxygen atoms in total. The predicted molar refractivity (Wildman–Crippen MR) is 96.4 cm³/mol. The van der Waals surface area contributed by atoms with Gasteiger partial charge in [0, 0.05) is 12.6 Å². The highest BCUT2D eigenvalue weighted by Crippen LogP contribution is 2.35. The first-order valence-corrected chi connectivity index (χ1v) is 9.16. The number of methoxy groups -OCH3 is 1. The molecule has 0 aromatic heterocycles. The summed E-state index contributed by atoms with van der Waals surface area (Å²) < 4.78 is 33.4. The monoisotopic (exact) mass is 361 g/mol. The van der Waals surface area contributed by atoms with Crippen molar-refractivity contribution in [3.8, 4) is 11.5 Å². The lowest BCUT2D eigenvalue weighted by Gasteiger charge is -2.17. The number of ether oxygens (including phenoxy) is 1. The zero-order valence-corrected chi connectivity index (χ0v) is 15.0. The molecule has 1 heterocycles. The summed E-state index contributed by atoms with van der Waals surface area (Å²) in [7, 11) is -0.529. The fraction of sp³-hybridized carbons (Fsp3) is 0.294. The molecule has 25 heavy (non-hydrogen) atoms. The topological polar surface area (TPSA) is 91.6 Å². The number of sulfonamides is 1. The molecule has 1 aromatic rings. The van der Waals surface area contributed by atoms with Gasteiger partial charge in [-0.2, -0.15) is 13.5 Å². The van der Waals surface area contributed by atoms with Crippen molar-refractivity contribution >= 4 is 22.1 Å². The Morgan fingerprint density at radius 3 is 2.84 bits per heavy atom. The number of likely N-dealkylation sites (N-methyl/N-ethyl adjacent to an activating group) is 1. The Bertz CT molecular complexity index is 943. The molecule has 1 aliphatic heterocycles. The van der Waals surface area contributed by atoms with Crippen LogP contribution in [-0.4, -0.2) is 44.7 Å². The zero-order valence-electron chi connectivity index (χ0n) is 14.2. The molecule has 1 aliphatic carbocycles. The van der Waals surface area contributed by atoms with Crippen molar-refractivity contribution in [2.45, 2.75) is 19.8 Å². The van der Waals surface area contributed by atoms with E-state index >= 15 is 0 Å². The van der Waals surface area contributed by atoms with Crippen molar-refractivity contribution in [1.29, 1.82) is 0 Å². The van der Waals surface area contributed by atoms with E-state index in [1.165, 1.54) is 18.2 Å². The van der Waals surface area contributed by atoms with Crippen LogP contribution in [0.1, 0.15) is 25.3 Å². The maximum Gasteiger partial charge on any atom is 0.284 e. The maximum atomic E-state index is 12.2. The third-order valence-electron chi connectivity index (χ3n) is 4.09. The molecular formula is C17H19N3O4S. The molecule has 8 heteroatoms. The Morgan fingerprint density at radius 1 is 1.36 bits per heavy atom. The molecule has 0 atom stereocenters. The van der Waals surface area contributed by atoms with Crippen LogP contribution in [0.5, 0.6) is 11.5 Å². The first-order chi connectivity index (χ1) is 11.8. The van der Waals surface area contributed by atoms with Crippen molar-refractivity contribution < 1.29 is 18.3 Å². The Hall–Kier alpha value is -2.61. The van der Waals surface area contributed by atoms with Crippen LogP contribution >= 0.6 is 0 Å². The number of phenolic OH excluding ortho intramolecular Hbond substituents is 1. The minimum absolute atomic E-state index is 0.0402. The first-order valence-electron chi connectivity index (χ1n) is 7.72. The highest BCUT2D eigenvalue weighted by Gasteiger charge is 2.34. The molecule has 0 fully saturated rings. The summed E-state index contributed by atoms with van der Waals surface area (Å²) in [4.78, 5) is 0.277. The number of rotatable bonds is 3. The van der Waals surface area contributed by atoms with E-state index in [9.17, 15) is 13.5 Å². The molecule has 132 valence electrons. The van der Waals surface area contributed by atoms with Crippen LogP contribution in [-0.2, 0) is 10.0 Å². The zero-order chi connectivity index (χ0) is 18.2. The lowest BCUT2D eigenvalue weighted by molar-refractivity contribution is 0.373. The van der Waals surface area contributed by atoms with Crippen LogP contribution in [0.4, 0.5) is 0 Å². The van der Waals surface area contributed by atoms with E-state index in [4.69, 9.17) is 4.74 Å². The second-order valence-corrected chi connectivity index (χ2v) is 7.50. The number of benzene rings is 1. The largest absolute Gasteiger partial charge is 0.504 e. The fourth-order valence-electron chi connectivity index (χ4n) is 2.74. The van der Waals surface area contributed by atoms with Gasteiger partial charge in [-0.25, -0.2) is 0 Å². The summed E-state index contributed by atoms with van der Waals surface area (Å²) >= 11 is 0. The smallest absolute Gasteiger partial charge is 0.284 e. The van der Waals surface area contributed by atoms with Crippen molar-refractivity contribution in [3.63, 3.8) is 0 Å². The lowest BCUT2D eigenvalue weighted by Crippen LogP contribution is -2.23. The first kappa shape index (κ1) is 17.2. The summed E-state index contributed by atoms with van der Waals surface area (Å²) in [5, 5.41) is 15.3. The number of allylic oxidation sites excluding steroid dienone is 2. The third kappa shape index (κ3) is 3.30. The van der Waals surface area contributed by atoms with Crippen molar-refractivity contribution in [1.82, 2.24) is 5.01 Å². The van der Waals surface area contributed by atoms with Crippen LogP contribution in [0, 0.1) is 0 Å². The van der Waals surface area contributed by atoms with E-state index < -0.39 is 10.0 Å². The Labute approximate surface area is 146 Å². The molecule has 0 unspecified atom stereocenters. The van der Waals surface area contributed by atoms with Crippen LogP contribution in [0.15, 0.2) is 49.8 Å². The highest BCUT2D eigenvalue weighted by atomic mass is 32.2. The summed E-state index contributed by atoms with van der Waals surface area (Å²) in [5.41, 5.74) is 2.44. The molecule has 0 spiro atoms. The van der Waals surface area contributed by atoms with E-state index in [0.717, 1.165) is 12.0 Å². The summed E-state index contributed by atoms with van der Waals surface area (Å²) in [6, 6.07) is 4.82. The van der Waals surface area contributed by atoms with Gasteiger partial charge < -0.3 is 9.84 Å². The summed E-state index contributed by atoms with van der Waals surface area (Å²) in [6.07, 6.45) is 4.68. The van der Waals surface area contributed by atoms with E-state index in [0.29, 0.717) is 29.1 Å². The van der Waals surface area contributed by atoms with Gasteiger partial charge in [-0.1, -0.05) is 5.57 Å². The third-order valence-corrected chi connectivity index (χ3v) is 5.42. The van der Waals surface area contributed by atoms with Crippen molar-refractivity contribution in [2.24, 2.45) is 9.50 Å². The van der Waals surface area contributed by atoms with Crippen LogP contribution < -0.4 is 4.74 Å². The molecule has 3 rings (SSSR count). The van der Waals surface area contributed by atoms with Gasteiger partial charge in [0.15, 0.2) is 17.3 Å². The van der Waals surface area contributed by atoms with Crippen LogP contribution in [0.2, 0.25) is 0 Å². The summed E-state index contributed by atoms with van der Waals surface area (Å²) in [6.45, 7) is 1.91. The number of nitrogens with zero attached hydrogens (tertiary/aromatic N) is 3. The van der Waals surface area contributed by atoms with Gasteiger partial charge in [0.1, 0.15) is 0 Å². The summed E-state index contributed by atoms with van der Waals surface area (Å²) in [5.74, 6) is 0.726. The normalized spacial score (nSPS) is 18.8. The predicted octanol–water partition coefficient (Wildman–Crippen LogP) is 2.40. The molecular weight excluding hydrogens is 342 g/mol. The van der Waals surface area contributed by atoms with Crippen molar-refractivity contribution in [2.75, 3.05) is 14.2 Å². The quantitative estimate of drug-likeness (QED) is 0.659. The number of hydrazone groups is 1. The van der Waals surface area contributed by atoms with Crippen LogP contribution in [0.3, 0.4) is 0 Å². The van der Waals surface area contributed by atoms with Gasteiger partial charge in [0.25, 0.3) is 10.0 Å². The average molecular weight is 361 g/mol. The number of amidine groups is 1. The van der Waals surface area contributed by atoms with Gasteiger partial charge in [0.2, 0.25) is 0 Å². The van der Waals surface area contributed by atoms with E-state index in [2.05, 4.69) is 9.50 Å². The SMILES string of the molecule is COc1cc(/C=N/N(C)C2=NS(=O)(=O)C3=C2CCC(C)=C3)ccc1O. The van der Waals surface area contributed by atoms with E-state index in [1.807, 2.05) is 6.92 Å². The Morgan fingerprint density at radius 2 is 2.12 bits per heavy atom. The Kier molecular flexibility index (Phi) is 4.38. The molecule has 1 N–H and O–H groups in total.